The molecule has 1 heterocycles. The van der Waals surface area contributed by atoms with E-state index in [9.17, 15) is 14.7 Å². The number of methoxy groups -OCH3 is 3. The van der Waals surface area contributed by atoms with Gasteiger partial charge in [0.15, 0.2) is 11.5 Å². The van der Waals surface area contributed by atoms with E-state index in [2.05, 4.69) is 9.80 Å². The average molecular weight is 589 g/mol. The van der Waals surface area contributed by atoms with Crippen LogP contribution in [0.3, 0.4) is 0 Å². The lowest BCUT2D eigenvalue weighted by atomic mass is 10.1. The monoisotopic (exact) mass is 588 g/mol. The quantitative estimate of drug-likeness (QED) is 0.208. The molecule has 1 atom stereocenters. The molecule has 0 aliphatic carbocycles. The summed E-state index contributed by atoms with van der Waals surface area (Å²) in [6.07, 6.45) is 3.30. The van der Waals surface area contributed by atoms with E-state index in [1.807, 2.05) is 0 Å². The molecule has 42 heavy (non-hydrogen) atoms. The Morgan fingerprint density at radius 2 is 1.55 bits per heavy atom. The highest BCUT2D eigenvalue weighted by molar-refractivity contribution is 5.91. The summed E-state index contributed by atoms with van der Waals surface area (Å²) in [6.45, 7) is 6.07. The third-order valence-corrected chi connectivity index (χ3v) is 7.28. The Labute approximate surface area is 247 Å². The van der Waals surface area contributed by atoms with Crippen LogP contribution in [0.2, 0.25) is 0 Å². The molecule has 1 saturated heterocycles. The Hall–Kier alpha value is -3.54. The molecule has 11 nitrogen and oxygen atoms in total. The molecule has 3 rings (SSSR count). The van der Waals surface area contributed by atoms with Crippen molar-refractivity contribution in [3.8, 4) is 23.0 Å². The number of carboxylic acid groups (broad SMARTS) is 1. The van der Waals surface area contributed by atoms with Gasteiger partial charge in [-0.25, -0.2) is 9.59 Å². The second kappa shape index (κ2) is 17.4. The number of aromatic carboxylic acids is 1. The van der Waals surface area contributed by atoms with Crippen molar-refractivity contribution >= 4 is 11.9 Å². The maximum atomic E-state index is 13.3. The summed E-state index contributed by atoms with van der Waals surface area (Å²) in [6, 6.07) is 9.53. The van der Waals surface area contributed by atoms with E-state index in [1.54, 1.807) is 24.3 Å². The summed E-state index contributed by atoms with van der Waals surface area (Å²) >= 11 is 0. The van der Waals surface area contributed by atoms with Crippen molar-refractivity contribution in [3.63, 3.8) is 0 Å². The molecule has 0 amide bonds. The van der Waals surface area contributed by atoms with E-state index >= 15 is 0 Å². The molecule has 0 spiro atoms. The molecule has 1 aliphatic rings. The van der Waals surface area contributed by atoms with Crippen LogP contribution in [0, 0.1) is 0 Å². The molecule has 232 valence electrons. The molecule has 0 saturated carbocycles. The number of hydrogen-bond donors (Lipinski definition) is 2. The summed E-state index contributed by atoms with van der Waals surface area (Å²) in [5, 5.41) is 18.4. The van der Waals surface area contributed by atoms with Gasteiger partial charge in [-0.1, -0.05) is 6.07 Å². The summed E-state index contributed by atoms with van der Waals surface area (Å²) in [4.78, 5) is 29.3. The lowest BCUT2D eigenvalue weighted by molar-refractivity contribution is 0.0221. The Bertz CT molecular complexity index is 1120. The van der Waals surface area contributed by atoms with Crippen LogP contribution in [-0.4, -0.2) is 112 Å². The molecule has 1 aliphatic heterocycles. The van der Waals surface area contributed by atoms with E-state index in [-0.39, 0.29) is 18.3 Å². The first-order chi connectivity index (χ1) is 20.4. The van der Waals surface area contributed by atoms with Gasteiger partial charge in [0, 0.05) is 32.8 Å². The zero-order chi connectivity index (χ0) is 30.3. The third kappa shape index (κ3) is 10.1. The molecule has 0 bridgehead atoms. The predicted octanol–water partition coefficient (Wildman–Crippen LogP) is 3.58. The number of aliphatic hydroxyl groups excluding tert-OH is 1. The minimum Gasteiger partial charge on any atom is -0.494 e. The highest BCUT2D eigenvalue weighted by Crippen LogP contribution is 2.38. The van der Waals surface area contributed by atoms with Crippen LogP contribution in [0.4, 0.5) is 0 Å². The number of carbonyl (C=O) groups excluding carboxylic acids is 1. The molecule has 2 aromatic rings. The zero-order valence-electron chi connectivity index (χ0n) is 24.9. The fraction of sp³-hybridized carbons (Fsp3) is 0.548. The van der Waals surface area contributed by atoms with Gasteiger partial charge < -0.3 is 43.7 Å². The Morgan fingerprint density at radius 1 is 0.857 bits per heavy atom. The van der Waals surface area contributed by atoms with Crippen LogP contribution in [0.5, 0.6) is 23.0 Å². The summed E-state index contributed by atoms with van der Waals surface area (Å²) in [5.41, 5.74) is 0.461. The van der Waals surface area contributed by atoms with E-state index in [0.29, 0.717) is 54.4 Å². The highest BCUT2D eigenvalue weighted by Gasteiger charge is 2.22. The van der Waals surface area contributed by atoms with Gasteiger partial charge in [0.1, 0.15) is 11.9 Å². The van der Waals surface area contributed by atoms with Crippen molar-refractivity contribution in [2.45, 2.75) is 38.2 Å². The van der Waals surface area contributed by atoms with Crippen molar-refractivity contribution < 1.29 is 43.5 Å². The maximum absolute atomic E-state index is 13.3. The molecule has 0 aromatic heterocycles. The number of rotatable bonds is 17. The van der Waals surface area contributed by atoms with Gasteiger partial charge in [-0.2, -0.15) is 0 Å². The molecule has 1 fully saturated rings. The van der Waals surface area contributed by atoms with Gasteiger partial charge in [-0.15, -0.1) is 0 Å². The fourth-order valence-electron chi connectivity index (χ4n) is 4.99. The van der Waals surface area contributed by atoms with Crippen molar-refractivity contribution in [1.82, 2.24) is 9.80 Å². The number of hydrogen-bond acceptors (Lipinski definition) is 10. The smallest absolute Gasteiger partial charge is 0.338 e. The van der Waals surface area contributed by atoms with Crippen molar-refractivity contribution in [3.05, 3.63) is 47.5 Å². The number of esters is 1. The fourth-order valence-corrected chi connectivity index (χ4v) is 4.99. The second-order valence-corrected chi connectivity index (χ2v) is 10.2. The predicted molar refractivity (Wildman–Crippen MR) is 157 cm³/mol. The summed E-state index contributed by atoms with van der Waals surface area (Å²) in [7, 11) is 4.49. The minimum absolute atomic E-state index is 0.164. The zero-order valence-corrected chi connectivity index (χ0v) is 24.9. The van der Waals surface area contributed by atoms with Crippen molar-refractivity contribution in [2.75, 3.05) is 73.8 Å². The number of nitrogens with zero attached hydrogens (tertiary/aromatic N) is 2. The SMILES string of the molecule is COc1cc(C(=O)OC(CCCOc2cccc(C(=O)O)c2)CCN2CCCN(CCCO)CC2)cc(OC)c1OC. The molecule has 2 N–H and O–H groups in total. The lowest BCUT2D eigenvalue weighted by Gasteiger charge is -2.25. The average Bonchev–Trinajstić information content (AvgIpc) is 3.24. The van der Waals surface area contributed by atoms with Crippen LogP contribution >= 0.6 is 0 Å². The summed E-state index contributed by atoms with van der Waals surface area (Å²) < 4.78 is 28.0. The van der Waals surface area contributed by atoms with E-state index < -0.39 is 11.9 Å². The molecular weight excluding hydrogens is 544 g/mol. The molecule has 1 unspecified atom stereocenters. The first-order valence-electron chi connectivity index (χ1n) is 14.4. The van der Waals surface area contributed by atoms with Gasteiger partial charge in [-0.05, 0) is 75.5 Å². The molecule has 0 radical (unpaired) electrons. The van der Waals surface area contributed by atoms with Gasteiger partial charge in [-0.3, -0.25) is 0 Å². The van der Waals surface area contributed by atoms with Crippen molar-refractivity contribution in [1.29, 1.82) is 0 Å². The Kier molecular flexibility index (Phi) is 13.7. The molecule has 2 aromatic carbocycles. The third-order valence-electron chi connectivity index (χ3n) is 7.28. The van der Waals surface area contributed by atoms with Crippen LogP contribution < -0.4 is 18.9 Å². The van der Waals surface area contributed by atoms with E-state index in [4.69, 9.17) is 28.8 Å². The lowest BCUT2D eigenvalue weighted by Crippen LogP contribution is -2.34. The number of aliphatic hydroxyl groups is 1. The maximum Gasteiger partial charge on any atom is 0.338 e. The van der Waals surface area contributed by atoms with Crippen molar-refractivity contribution in [2.24, 2.45) is 0 Å². The van der Waals surface area contributed by atoms with Gasteiger partial charge >= 0.3 is 11.9 Å². The Morgan fingerprint density at radius 3 is 2.17 bits per heavy atom. The number of carbonyl (C=O) groups is 2. The number of carboxylic acids is 1. The molecule has 11 heteroatoms. The molecular formula is C31H44N2O9. The van der Waals surface area contributed by atoms with Gasteiger partial charge in [0.05, 0.1) is 39.1 Å². The number of benzene rings is 2. The topological polar surface area (TPSA) is 127 Å². The van der Waals surface area contributed by atoms with Crippen LogP contribution in [-0.2, 0) is 4.74 Å². The largest absolute Gasteiger partial charge is 0.494 e. The minimum atomic E-state index is -1.01. The first-order valence-corrected chi connectivity index (χ1v) is 14.4. The van der Waals surface area contributed by atoms with E-state index in [1.165, 1.54) is 33.5 Å². The van der Waals surface area contributed by atoms with Gasteiger partial charge in [0.2, 0.25) is 5.75 Å². The highest BCUT2D eigenvalue weighted by atomic mass is 16.5. The Balaban J connectivity index is 1.64. The second-order valence-electron chi connectivity index (χ2n) is 10.2. The van der Waals surface area contributed by atoms with E-state index in [0.717, 1.165) is 52.1 Å². The van der Waals surface area contributed by atoms with Crippen LogP contribution in [0.25, 0.3) is 0 Å². The standard InChI is InChI=1S/C31H44N2O9/c1-38-27-21-24(22-28(39-2)29(27)40-3)31(37)42-25(10-5-19-41-26-9-4-8-23(20-26)30(35)36)11-15-33-13-6-12-32(16-17-33)14-7-18-34/h4,8-9,20-22,25,34H,5-7,10-19H2,1-3H3,(H,35,36). The first kappa shape index (κ1) is 33.0. The summed E-state index contributed by atoms with van der Waals surface area (Å²) in [5.74, 6) is 0.118. The normalized spacial score (nSPS) is 15.0. The van der Waals surface area contributed by atoms with Crippen LogP contribution in [0.15, 0.2) is 36.4 Å². The van der Waals surface area contributed by atoms with Gasteiger partial charge in [0.25, 0.3) is 0 Å². The van der Waals surface area contributed by atoms with Crippen LogP contribution in [0.1, 0.15) is 52.8 Å². The number of ether oxygens (including phenoxy) is 5.